The van der Waals surface area contributed by atoms with Crippen LogP contribution in [0.5, 0.6) is 17.2 Å². The van der Waals surface area contributed by atoms with Crippen LogP contribution in [0.15, 0.2) is 53.0 Å². The van der Waals surface area contributed by atoms with Crippen LogP contribution in [0, 0.1) is 0 Å². The Balaban J connectivity index is 1.48. The predicted molar refractivity (Wildman–Crippen MR) is 94.3 cm³/mol. The van der Waals surface area contributed by atoms with Crippen LogP contribution in [0.25, 0.3) is 0 Å². The number of rotatable bonds is 4. The molecule has 0 aromatic heterocycles. The van der Waals surface area contributed by atoms with E-state index in [1.165, 1.54) is 12.8 Å². The monoisotopic (exact) mass is 373 g/mol. The van der Waals surface area contributed by atoms with Crippen molar-refractivity contribution in [1.82, 2.24) is 5.32 Å². The third kappa shape index (κ3) is 3.54. The van der Waals surface area contributed by atoms with Gasteiger partial charge in [0, 0.05) is 18.2 Å². The average Bonchev–Trinajstić information content (AvgIpc) is 2.90. The van der Waals surface area contributed by atoms with Gasteiger partial charge in [-0.2, -0.15) is 0 Å². The number of fused-ring (bicyclic) bond motifs is 2. The maximum atomic E-state index is 6.23. The summed E-state index contributed by atoms with van der Waals surface area (Å²) in [4.78, 5) is 0. The molecule has 4 heteroatoms. The van der Waals surface area contributed by atoms with Crippen molar-refractivity contribution in [2.75, 3.05) is 0 Å². The van der Waals surface area contributed by atoms with Crippen molar-refractivity contribution in [3.8, 4) is 17.2 Å². The topological polar surface area (TPSA) is 30.5 Å². The van der Waals surface area contributed by atoms with E-state index >= 15 is 0 Å². The first-order chi connectivity index (χ1) is 11.3. The highest BCUT2D eigenvalue weighted by atomic mass is 79.9. The van der Waals surface area contributed by atoms with E-state index in [0.717, 1.165) is 34.6 Å². The zero-order valence-corrected chi connectivity index (χ0v) is 14.5. The van der Waals surface area contributed by atoms with E-state index in [1.807, 2.05) is 48.5 Å². The highest BCUT2D eigenvalue weighted by Crippen LogP contribution is 2.35. The smallest absolute Gasteiger partial charge is 0.145 e. The molecule has 2 heterocycles. The fourth-order valence-electron chi connectivity index (χ4n) is 3.54. The van der Waals surface area contributed by atoms with Gasteiger partial charge in [-0.3, -0.25) is 0 Å². The predicted octanol–water partition coefficient (Wildman–Crippen LogP) is 4.90. The molecule has 0 saturated carbocycles. The lowest BCUT2D eigenvalue weighted by atomic mass is 10.0. The van der Waals surface area contributed by atoms with Crippen molar-refractivity contribution < 1.29 is 9.47 Å². The third-order valence-electron chi connectivity index (χ3n) is 4.61. The molecule has 3 nitrogen and oxygen atoms in total. The standard InChI is InChI=1S/C19H20BrNO2/c20-18-9-8-16(12-19(18)23-15-4-2-1-3-5-15)22-17-10-13-6-7-14(11-17)21-13/h1-5,8-9,12-14,17,21H,6-7,10-11H2/t13-,14+,17-. The largest absolute Gasteiger partial charge is 0.490 e. The van der Waals surface area contributed by atoms with Crippen molar-refractivity contribution >= 4 is 15.9 Å². The first-order valence-corrected chi connectivity index (χ1v) is 9.01. The van der Waals surface area contributed by atoms with E-state index in [4.69, 9.17) is 9.47 Å². The van der Waals surface area contributed by atoms with Crippen LogP contribution < -0.4 is 14.8 Å². The molecule has 0 amide bonds. The Kier molecular flexibility index (Phi) is 4.27. The van der Waals surface area contributed by atoms with E-state index in [2.05, 4.69) is 21.2 Å². The first kappa shape index (κ1) is 15.0. The first-order valence-electron chi connectivity index (χ1n) is 8.21. The summed E-state index contributed by atoms with van der Waals surface area (Å²) >= 11 is 3.55. The molecule has 1 N–H and O–H groups in total. The van der Waals surface area contributed by atoms with Crippen LogP contribution in [0.1, 0.15) is 25.7 Å². The Bertz CT molecular complexity index is 664. The van der Waals surface area contributed by atoms with Gasteiger partial charge in [-0.1, -0.05) is 18.2 Å². The van der Waals surface area contributed by atoms with Gasteiger partial charge in [0.2, 0.25) is 0 Å². The fourth-order valence-corrected chi connectivity index (χ4v) is 3.87. The van der Waals surface area contributed by atoms with Gasteiger partial charge in [-0.25, -0.2) is 0 Å². The molecule has 2 aromatic carbocycles. The number of piperidine rings is 1. The zero-order valence-electron chi connectivity index (χ0n) is 12.9. The molecule has 2 bridgehead atoms. The molecule has 2 aliphatic heterocycles. The highest BCUT2D eigenvalue weighted by Gasteiger charge is 2.34. The van der Waals surface area contributed by atoms with Crippen LogP contribution >= 0.6 is 15.9 Å². The normalized spacial score (nSPS) is 26.0. The summed E-state index contributed by atoms with van der Waals surface area (Å²) in [6, 6.07) is 17.0. The lowest BCUT2D eigenvalue weighted by Gasteiger charge is -2.29. The number of hydrogen-bond acceptors (Lipinski definition) is 3. The molecule has 4 rings (SSSR count). The summed E-state index contributed by atoms with van der Waals surface area (Å²) in [6.07, 6.45) is 5.07. The van der Waals surface area contributed by atoms with Crippen LogP contribution in [0.3, 0.4) is 0 Å². The molecule has 2 saturated heterocycles. The van der Waals surface area contributed by atoms with E-state index in [1.54, 1.807) is 0 Å². The Labute approximate surface area is 145 Å². The Morgan fingerprint density at radius 3 is 2.39 bits per heavy atom. The van der Waals surface area contributed by atoms with Gasteiger partial charge in [0.15, 0.2) is 0 Å². The molecule has 0 aliphatic carbocycles. The van der Waals surface area contributed by atoms with Gasteiger partial charge >= 0.3 is 0 Å². The lowest BCUT2D eigenvalue weighted by Crippen LogP contribution is -2.42. The van der Waals surface area contributed by atoms with Gasteiger partial charge in [0.25, 0.3) is 0 Å². The summed E-state index contributed by atoms with van der Waals surface area (Å²) in [5.74, 6) is 2.49. The Hall–Kier alpha value is -1.52. The summed E-state index contributed by atoms with van der Waals surface area (Å²) in [5.41, 5.74) is 0. The number of ether oxygens (including phenoxy) is 2. The summed E-state index contributed by atoms with van der Waals surface area (Å²) in [5, 5.41) is 3.65. The second-order valence-corrected chi connectivity index (χ2v) is 7.21. The number of halogens is 1. The van der Waals surface area contributed by atoms with E-state index < -0.39 is 0 Å². The molecule has 2 aliphatic rings. The highest BCUT2D eigenvalue weighted by molar-refractivity contribution is 9.10. The van der Waals surface area contributed by atoms with Crippen LogP contribution in [-0.4, -0.2) is 18.2 Å². The van der Waals surface area contributed by atoms with Crippen LogP contribution in [-0.2, 0) is 0 Å². The molecule has 2 fully saturated rings. The zero-order chi connectivity index (χ0) is 15.6. The average molecular weight is 374 g/mol. The van der Waals surface area contributed by atoms with Gasteiger partial charge < -0.3 is 14.8 Å². The van der Waals surface area contributed by atoms with E-state index in [-0.39, 0.29) is 0 Å². The fraction of sp³-hybridized carbons (Fsp3) is 0.368. The molecule has 0 unspecified atom stereocenters. The molecule has 120 valence electrons. The minimum Gasteiger partial charge on any atom is -0.490 e. The van der Waals surface area contributed by atoms with Crippen LogP contribution in [0.4, 0.5) is 0 Å². The van der Waals surface area contributed by atoms with Crippen molar-refractivity contribution in [3.63, 3.8) is 0 Å². The summed E-state index contributed by atoms with van der Waals surface area (Å²) < 4.78 is 13.1. The molecule has 0 spiro atoms. The Morgan fingerprint density at radius 1 is 0.913 bits per heavy atom. The van der Waals surface area contributed by atoms with E-state index in [0.29, 0.717) is 18.2 Å². The number of benzene rings is 2. The molecular weight excluding hydrogens is 354 g/mol. The molecular formula is C19H20BrNO2. The maximum absolute atomic E-state index is 6.23. The molecule has 2 aromatic rings. The third-order valence-corrected chi connectivity index (χ3v) is 5.26. The molecule has 0 radical (unpaired) electrons. The lowest BCUT2D eigenvalue weighted by molar-refractivity contribution is 0.137. The second kappa shape index (κ2) is 6.54. The minimum absolute atomic E-state index is 0.305. The van der Waals surface area contributed by atoms with Crippen molar-refractivity contribution in [2.45, 2.75) is 43.9 Å². The van der Waals surface area contributed by atoms with Gasteiger partial charge in [0.05, 0.1) is 4.47 Å². The van der Waals surface area contributed by atoms with Crippen molar-refractivity contribution in [3.05, 3.63) is 53.0 Å². The minimum atomic E-state index is 0.305. The quantitative estimate of drug-likeness (QED) is 0.826. The van der Waals surface area contributed by atoms with E-state index in [9.17, 15) is 0 Å². The SMILES string of the molecule is Brc1ccc(O[C@@H]2C[C@H]3CC[C@@H](C2)N3)cc1Oc1ccccc1. The van der Waals surface area contributed by atoms with Crippen molar-refractivity contribution in [2.24, 2.45) is 0 Å². The molecule has 3 atom stereocenters. The summed E-state index contributed by atoms with van der Waals surface area (Å²) in [6.45, 7) is 0. The number of hydrogen-bond donors (Lipinski definition) is 1. The molecule has 23 heavy (non-hydrogen) atoms. The van der Waals surface area contributed by atoms with Crippen molar-refractivity contribution in [1.29, 1.82) is 0 Å². The van der Waals surface area contributed by atoms with Gasteiger partial charge in [0.1, 0.15) is 23.4 Å². The second-order valence-electron chi connectivity index (χ2n) is 6.36. The Morgan fingerprint density at radius 2 is 1.65 bits per heavy atom. The maximum Gasteiger partial charge on any atom is 0.145 e. The van der Waals surface area contributed by atoms with Gasteiger partial charge in [-0.15, -0.1) is 0 Å². The number of nitrogens with one attached hydrogen (secondary N) is 1. The van der Waals surface area contributed by atoms with Gasteiger partial charge in [-0.05, 0) is 65.9 Å². The van der Waals surface area contributed by atoms with Crippen LogP contribution in [0.2, 0.25) is 0 Å². The number of para-hydroxylation sites is 1. The summed E-state index contributed by atoms with van der Waals surface area (Å²) in [7, 11) is 0.